The topological polar surface area (TPSA) is 78.5 Å². The van der Waals surface area contributed by atoms with E-state index in [1.54, 1.807) is 17.7 Å². The minimum Gasteiger partial charge on any atom is -0.385 e. The molecule has 0 fully saturated rings. The maximum absolute atomic E-state index is 12.8. The van der Waals surface area contributed by atoms with Crippen LogP contribution in [0, 0.1) is 0 Å². The monoisotopic (exact) mass is 346 g/mol. The summed E-state index contributed by atoms with van der Waals surface area (Å²) in [5.74, 6) is 0.869. The lowest BCUT2D eigenvalue weighted by Gasteiger charge is -2.10. The number of methoxy groups -OCH3 is 1. The summed E-state index contributed by atoms with van der Waals surface area (Å²) in [4.78, 5) is 24.1. The second-order valence-electron chi connectivity index (χ2n) is 5.43. The normalized spacial score (nSPS) is 11.4. The summed E-state index contributed by atoms with van der Waals surface area (Å²) < 4.78 is 8.53. The minimum atomic E-state index is -0.0929. The average Bonchev–Trinajstić information content (AvgIpc) is 3.00. The number of para-hydroxylation sites is 1. The number of benzene rings is 1. The van der Waals surface area contributed by atoms with Crippen LogP contribution in [0.3, 0.4) is 0 Å². The van der Waals surface area contributed by atoms with Gasteiger partial charge in [0, 0.05) is 20.3 Å². The zero-order valence-corrected chi connectivity index (χ0v) is 14.4. The van der Waals surface area contributed by atoms with E-state index in [1.807, 2.05) is 22.6 Å². The quantitative estimate of drug-likeness (QED) is 0.479. The van der Waals surface area contributed by atoms with E-state index >= 15 is 0 Å². The van der Waals surface area contributed by atoms with Gasteiger partial charge in [0.05, 0.1) is 16.7 Å². The van der Waals surface area contributed by atoms with Gasteiger partial charge in [-0.25, -0.2) is 0 Å². The molecule has 0 aliphatic rings. The van der Waals surface area contributed by atoms with Crippen LogP contribution in [0.15, 0.2) is 34.2 Å². The molecular formula is C16H18N4O3S. The molecule has 1 aromatic carbocycles. The van der Waals surface area contributed by atoms with Crippen molar-refractivity contribution in [2.24, 2.45) is 0 Å². The molecule has 0 N–H and O–H groups in total. The molecule has 3 aromatic rings. The molecule has 126 valence electrons. The Morgan fingerprint density at radius 1 is 1.29 bits per heavy atom. The third-order valence-electron chi connectivity index (χ3n) is 3.61. The van der Waals surface area contributed by atoms with E-state index in [9.17, 15) is 9.59 Å². The summed E-state index contributed by atoms with van der Waals surface area (Å²) in [6.07, 6.45) is 0.702. The first-order valence-corrected chi connectivity index (χ1v) is 8.60. The zero-order valence-electron chi connectivity index (χ0n) is 13.6. The highest BCUT2D eigenvalue weighted by molar-refractivity contribution is 7.99. The third kappa shape index (κ3) is 3.07. The number of fused-ring (bicyclic) bond motifs is 3. The van der Waals surface area contributed by atoms with Crippen LogP contribution >= 0.6 is 11.8 Å². The van der Waals surface area contributed by atoms with Gasteiger partial charge < -0.3 is 4.74 Å². The second-order valence-corrected chi connectivity index (χ2v) is 6.37. The Kier molecular flexibility index (Phi) is 4.96. The molecule has 0 amide bonds. The van der Waals surface area contributed by atoms with E-state index < -0.39 is 0 Å². The fraction of sp³-hybridized carbons (Fsp3) is 0.375. The molecule has 0 atom stereocenters. The van der Waals surface area contributed by atoms with Crippen LogP contribution in [0.25, 0.3) is 16.7 Å². The van der Waals surface area contributed by atoms with Crippen molar-refractivity contribution in [1.82, 2.24) is 19.2 Å². The molecule has 0 radical (unpaired) electrons. The predicted octanol–water partition coefficient (Wildman–Crippen LogP) is 1.76. The first-order chi connectivity index (χ1) is 11.6. The summed E-state index contributed by atoms with van der Waals surface area (Å²) in [7, 11) is 1.63. The van der Waals surface area contributed by atoms with E-state index in [-0.39, 0.29) is 11.3 Å². The summed E-state index contributed by atoms with van der Waals surface area (Å²) in [5, 5.41) is 9.58. The van der Waals surface area contributed by atoms with Crippen LogP contribution in [-0.4, -0.2) is 44.4 Å². The van der Waals surface area contributed by atoms with Gasteiger partial charge in [-0.05, 0) is 25.5 Å². The Labute approximate surface area is 142 Å². The van der Waals surface area contributed by atoms with Crippen molar-refractivity contribution in [3.8, 4) is 0 Å². The number of ketones is 1. The van der Waals surface area contributed by atoms with E-state index in [2.05, 4.69) is 10.2 Å². The molecule has 0 spiro atoms. The van der Waals surface area contributed by atoms with Crippen LogP contribution < -0.4 is 5.56 Å². The van der Waals surface area contributed by atoms with Gasteiger partial charge in [-0.15, -0.1) is 10.2 Å². The van der Waals surface area contributed by atoms with Crippen LogP contribution in [0.2, 0.25) is 0 Å². The minimum absolute atomic E-state index is 0.0643. The lowest BCUT2D eigenvalue weighted by atomic mass is 10.2. The van der Waals surface area contributed by atoms with Crippen LogP contribution in [0.5, 0.6) is 0 Å². The molecule has 3 rings (SSSR count). The number of aromatic nitrogens is 4. The molecule has 0 unspecified atom stereocenters. The van der Waals surface area contributed by atoms with Gasteiger partial charge in [-0.3, -0.25) is 18.6 Å². The average molecular weight is 346 g/mol. The van der Waals surface area contributed by atoms with Gasteiger partial charge in [0.2, 0.25) is 5.78 Å². The van der Waals surface area contributed by atoms with Crippen molar-refractivity contribution in [3.63, 3.8) is 0 Å². The standard InChI is InChI=1S/C16H18N4O3S/c1-11(21)10-24-16-18-17-15-19(8-5-9-23-2)14(22)12-6-3-4-7-13(12)20(15)16/h3-4,6-7H,5,8-10H2,1-2H3. The molecule has 0 saturated carbocycles. The Morgan fingerprint density at radius 2 is 2.08 bits per heavy atom. The van der Waals surface area contributed by atoms with Gasteiger partial charge in [0.15, 0.2) is 5.16 Å². The lowest BCUT2D eigenvalue weighted by molar-refractivity contribution is -0.114. The Bertz CT molecular complexity index is 948. The summed E-state index contributed by atoms with van der Waals surface area (Å²) in [6, 6.07) is 7.37. The lowest BCUT2D eigenvalue weighted by Crippen LogP contribution is -2.24. The summed E-state index contributed by atoms with van der Waals surface area (Å²) in [6.45, 7) is 2.59. The van der Waals surface area contributed by atoms with Crippen molar-refractivity contribution in [2.75, 3.05) is 19.5 Å². The highest BCUT2D eigenvalue weighted by Crippen LogP contribution is 2.21. The van der Waals surface area contributed by atoms with Crippen molar-refractivity contribution in [3.05, 3.63) is 34.6 Å². The van der Waals surface area contributed by atoms with E-state index in [1.165, 1.54) is 18.7 Å². The van der Waals surface area contributed by atoms with Crippen molar-refractivity contribution >= 4 is 34.2 Å². The summed E-state index contributed by atoms with van der Waals surface area (Å²) in [5.41, 5.74) is 0.654. The van der Waals surface area contributed by atoms with E-state index in [0.29, 0.717) is 41.6 Å². The molecule has 0 saturated heterocycles. The number of ether oxygens (including phenoxy) is 1. The summed E-state index contributed by atoms with van der Waals surface area (Å²) >= 11 is 1.32. The van der Waals surface area contributed by atoms with Crippen LogP contribution in [0.4, 0.5) is 0 Å². The van der Waals surface area contributed by atoms with Gasteiger partial charge >= 0.3 is 0 Å². The van der Waals surface area contributed by atoms with Crippen LogP contribution in [-0.2, 0) is 16.1 Å². The molecule has 2 heterocycles. The van der Waals surface area contributed by atoms with Gasteiger partial charge in [-0.1, -0.05) is 23.9 Å². The number of carbonyl (C=O) groups is 1. The van der Waals surface area contributed by atoms with E-state index in [0.717, 1.165) is 5.52 Å². The molecule has 0 bridgehead atoms. The molecule has 24 heavy (non-hydrogen) atoms. The molecule has 2 aromatic heterocycles. The number of hydrogen-bond donors (Lipinski definition) is 0. The highest BCUT2D eigenvalue weighted by Gasteiger charge is 2.16. The first kappa shape index (κ1) is 16.7. The smallest absolute Gasteiger partial charge is 0.262 e. The Hall–Kier alpha value is -2.19. The number of Topliss-reactive ketones (excluding diaryl/α,β-unsaturated/α-hetero) is 1. The number of aryl methyl sites for hydroxylation is 1. The van der Waals surface area contributed by atoms with Crippen molar-refractivity contribution < 1.29 is 9.53 Å². The van der Waals surface area contributed by atoms with Crippen molar-refractivity contribution in [2.45, 2.75) is 25.0 Å². The number of nitrogens with zero attached hydrogens (tertiary/aromatic N) is 4. The van der Waals surface area contributed by atoms with Gasteiger partial charge in [-0.2, -0.15) is 0 Å². The molecule has 0 aliphatic heterocycles. The third-order valence-corrected chi connectivity index (χ3v) is 4.69. The van der Waals surface area contributed by atoms with E-state index in [4.69, 9.17) is 4.74 Å². The fourth-order valence-electron chi connectivity index (χ4n) is 2.56. The van der Waals surface area contributed by atoms with Crippen LogP contribution in [0.1, 0.15) is 13.3 Å². The maximum atomic E-state index is 12.8. The van der Waals surface area contributed by atoms with Crippen molar-refractivity contribution in [1.29, 1.82) is 0 Å². The fourth-order valence-corrected chi connectivity index (χ4v) is 3.30. The zero-order chi connectivity index (χ0) is 17.1. The van der Waals surface area contributed by atoms with Gasteiger partial charge in [0.1, 0.15) is 5.78 Å². The SMILES string of the molecule is COCCCn1c(=O)c2ccccc2n2c(SCC(C)=O)nnc12. The Morgan fingerprint density at radius 3 is 2.83 bits per heavy atom. The first-order valence-electron chi connectivity index (χ1n) is 7.61. The largest absolute Gasteiger partial charge is 0.385 e. The van der Waals surface area contributed by atoms with Gasteiger partial charge in [0.25, 0.3) is 5.56 Å². The second kappa shape index (κ2) is 7.14. The number of rotatable bonds is 7. The number of hydrogen-bond acceptors (Lipinski definition) is 6. The molecular weight excluding hydrogens is 328 g/mol. The maximum Gasteiger partial charge on any atom is 0.262 e. The number of thioether (sulfide) groups is 1. The highest BCUT2D eigenvalue weighted by atomic mass is 32.2. The molecule has 8 heteroatoms. The predicted molar refractivity (Wildman–Crippen MR) is 92.7 cm³/mol. The number of carbonyl (C=O) groups excluding carboxylic acids is 1. The Balaban J connectivity index is 2.20. The molecule has 0 aliphatic carbocycles. The molecule has 7 nitrogen and oxygen atoms in total.